The average Bonchev–Trinajstić information content (AvgIpc) is 3.43. The molecule has 3 fully saturated rings. The number of sulfonamides is 1. The first-order chi connectivity index (χ1) is 12.1. The van der Waals surface area contributed by atoms with E-state index < -0.39 is 10.0 Å². The van der Waals surface area contributed by atoms with E-state index in [4.69, 9.17) is 4.74 Å². The first-order valence-electron chi connectivity index (χ1n) is 9.23. The Bertz CT molecular complexity index is 709. The third-order valence-electron chi connectivity index (χ3n) is 5.52. The molecule has 1 aliphatic carbocycles. The molecule has 0 N–H and O–H groups in total. The Labute approximate surface area is 149 Å². The van der Waals surface area contributed by atoms with E-state index in [0.717, 1.165) is 70.2 Å². The molecule has 0 aromatic carbocycles. The van der Waals surface area contributed by atoms with Gasteiger partial charge in [-0.2, -0.15) is 0 Å². The van der Waals surface area contributed by atoms with E-state index in [-0.39, 0.29) is 11.2 Å². The van der Waals surface area contributed by atoms with Gasteiger partial charge in [0.05, 0.1) is 25.0 Å². The quantitative estimate of drug-likeness (QED) is 0.744. The topological polar surface area (TPSA) is 80.6 Å². The van der Waals surface area contributed by atoms with Gasteiger partial charge in [-0.3, -0.25) is 4.90 Å². The molecule has 25 heavy (non-hydrogen) atoms. The van der Waals surface area contributed by atoms with Crippen LogP contribution in [0.1, 0.15) is 43.3 Å². The van der Waals surface area contributed by atoms with Crippen molar-refractivity contribution in [3.63, 3.8) is 0 Å². The maximum atomic E-state index is 12.5. The van der Waals surface area contributed by atoms with Crippen molar-refractivity contribution in [1.29, 1.82) is 0 Å². The zero-order chi connectivity index (χ0) is 17.4. The summed E-state index contributed by atoms with van der Waals surface area (Å²) < 4.78 is 34.2. The van der Waals surface area contributed by atoms with E-state index in [1.54, 1.807) is 4.31 Å². The van der Waals surface area contributed by atoms with Crippen LogP contribution in [0.2, 0.25) is 0 Å². The largest absolute Gasteiger partial charge is 0.379 e. The molecule has 2 aliphatic heterocycles. The second kappa shape index (κ2) is 6.94. The molecule has 1 unspecified atom stereocenters. The number of aromatic nitrogens is 3. The minimum Gasteiger partial charge on any atom is -0.379 e. The van der Waals surface area contributed by atoms with Crippen molar-refractivity contribution in [3.8, 4) is 0 Å². The lowest BCUT2D eigenvalue weighted by Gasteiger charge is -2.31. The highest BCUT2D eigenvalue weighted by Gasteiger charge is 2.42. The number of ether oxygens (including phenoxy) is 1. The van der Waals surface area contributed by atoms with Crippen molar-refractivity contribution in [3.05, 3.63) is 11.6 Å². The summed E-state index contributed by atoms with van der Waals surface area (Å²) in [5.74, 6) is 2.00. The molecule has 0 amide bonds. The Morgan fingerprint density at radius 1 is 1.12 bits per heavy atom. The second-order valence-electron chi connectivity index (χ2n) is 7.36. The Morgan fingerprint density at radius 2 is 1.88 bits per heavy atom. The maximum absolute atomic E-state index is 12.5. The molecular formula is C16H27N5O3S. The van der Waals surface area contributed by atoms with Gasteiger partial charge < -0.3 is 9.30 Å². The fourth-order valence-corrected chi connectivity index (χ4v) is 5.71. The monoisotopic (exact) mass is 369 g/mol. The van der Waals surface area contributed by atoms with Gasteiger partial charge in [0.15, 0.2) is 0 Å². The Hall–Kier alpha value is -1.03. The van der Waals surface area contributed by atoms with Gasteiger partial charge in [0.1, 0.15) is 11.6 Å². The van der Waals surface area contributed by atoms with Gasteiger partial charge in [-0.1, -0.05) is 0 Å². The van der Waals surface area contributed by atoms with Crippen LogP contribution in [-0.4, -0.2) is 77.0 Å². The van der Waals surface area contributed by atoms with Gasteiger partial charge in [0, 0.05) is 39.1 Å². The van der Waals surface area contributed by atoms with Crippen LogP contribution in [-0.2, 0) is 28.4 Å². The van der Waals surface area contributed by atoms with E-state index in [2.05, 4.69) is 19.7 Å². The van der Waals surface area contributed by atoms with Crippen LogP contribution in [0.3, 0.4) is 0 Å². The lowest BCUT2D eigenvalue weighted by molar-refractivity contribution is 0.0326. The number of hydrogen-bond donors (Lipinski definition) is 0. The van der Waals surface area contributed by atoms with Crippen LogP contribution < -0.4 is 0 Å². The molecule has 1 aromatic heterocycles. The van der Waals surface area contributed by atoms with Crippen molar-refractivity contribution < 1.29 is 13.2 Å². The Morgan fingerprint density at radius 3 is 2.60 bits per heavy atom. The summed E-state index contributed by atoms with van der Waals surface area (Å²) in [5, 5.41) is 8.66. The van der Waals surface area contributed by atoms with Gasteiger partial charge in [-0.15, -0.1) is 10.2 Å². The number of morpholine rings is 1. The van der Waals surface area contributed by atoms with Crippen LogP contribution in [0.25, 0.3) is 0 Å². The smallest absolute Gasteiger partial charge is 0.217 e. The standard InChI is InChI=1S/C16H27N5O3S/c1-19-15(12-20-7-9-24-10-8-20)17-18-16(19)13-3-2-6-21(11-13)25(22,23)14-4-5-14/h13-14H,2-12H2,1H3. The maximum Gasteiger partial charge on any atom is 0.217 e. The highest BCUT2D eigenvalue weighted by atomic mass is 32.2. The van der Waals surface area contributed by atoms with Crippen LogP contribution in [0.15, 0.2) is 0 Å². The van der Waals surface area contributed by atoms with Crippen molar-refractivity contribution >= 4 is 10.0 Å². The number of nitrogens with zero attached hydrogens (tertiary/aromatic N) is 5. The number of piperidine rings is 1. The second-order valence-corrected chi connectivity index (χ2v) is 9.58. The molecule has 0 spiro atoms. The number of hydrogen-bond acceptors (Lipinski definition) is 6. The summed E-state index contributed by atoms with van der Waals surface area (Å²) in [5.41, 5.74) is 0. The molecule has 1 atom stereocenters. The third kappa shape index (κ3) is 3.60. The highest BCUT2D eigenvalue weighted by molar-refractivity contribution is 7.90. The van der Waals surface area contributed by atoms with Gasteiger partial charge in [0.2, 0.25) is 10.0 Å². The molecule has 0 radical (unpaired) electrons. The summed E-state index contributed by atoms with van der Waals surface area (Å²) in [6.45, 7) is 5.32. The van der Waals surface area contributed by atoms with E-state index in [1.807, 2.05) is 7.05 Å². The summed E-state index contributed by atoms with van der Waals surface area (Å²) in [6.07, 6.45) is 3.50. The van der Waals surface area contributed by atoms with Crippen molar-refractivity contribution in [2.24, 2.45) is 7.05 Å². The van der Waals surface area contributed by atoms with Crippen LogP contribution in [0.4, 0.5) is 0 Å². The Kier molecular flexibility index (Phi) is 4.83. The van der Waals surface area contributed by atoms with Crippen LogP contribution in [0, 0.1) is 0 Å². The third-order valence-corrected chi connectivity index (χ3v) is 7.89. The summed E-state index contributed by atoms with van der Waals surface area (Å²) in [4.78, 5) is 2.32. The summed E-state index contributed by atoms with van der Waals surface area (Å²) >= 11 is 0. The van der Waals surface area contributed by atoms with Crippen LogP contribution >= 0.6 is 0 Å². The molecule has 3 heterocycles. The van der Waals surface area contributed by atoms with Crippen LogP contribution in [0.5, 0.6) is 0 Å². The first kappa shape index (κ1) is 17.4. The van der Waals surface area contributed by atoms with Crippen molar-refractivity contribution in [2.75, 3.05) is 39.4 Å². The first-order valence-corrected chi connectivity index (χ1v) is 10.7. The molecule has 9 heteroatoms. The molecule has 1 saturated carbocycles. The molecule has 1 aromatic rings. The Balaban J connectivity index is 1.46. The van der Waals surface area contributed by atoms with E-state index in [9.17, 15) is 8.42 Å². The molecule has 0 bridgehead atoms. The van der Waals surface area contributed by atoms with Crippen molar-refractivity contribution in [2.45, 2.75) is 43.4 Å². The van der Waals surface area contributed by atoms with Gasteiger partial charge in [0.25, 0.3) is 0 Å². The molecule has 140 valence electrons. The minimum atomic E-state index is -3.10. The summed E-state index contributed by atoms with van der Waals surface area (Å²) in [7, 11) is -1.11. The minimum absolute atomic E-state index is 0.136. The molecular weight excluding hydrogens is 342 g/mol. The zero-order valence-corrected chi connectivity index (χ0v) is 15.6. The normalized spacial score (nSPS) is 26.8. The average molecular weight is 369 g/mol. The van der Waals surface area contributed by atoms with Gasteiger partial charge >= 0.3 is 0 Å². The zero-order valence-electron chi connectivity index (χ0n) is 14.8. The van der Waals surface area contributed by atoms with Gasteiger partial charge in [-0.25, -0.2) is 12.7 Å². The SMILES string of the molecule is Cn1c(CN2CCOCC2)nnc1C1CCCN(S(=O)(=O)C2CC2)C1. The lowest BCUT2D eigenvalue weighted by atomic mass is 9.99. The predicted octanol–water partition coefficient (Wildman–Crippen LogP) is 0.319. The lowest BCUT2D eigenvalue weighted by Crippen LogP contribution is -2.41. The van der Waals surface area contributed by atoms with Crippen molar-refractivity contribution in [1.82, 2.24) is 24.0 Å². The molecule has 3 aliphatic rings. The number of rotatable bonds is 5. The molecule has 4 rings (SSSR count). The highest BCUT2D eigenvalue weighted by Crippen LogP contribution is 2.35. The van der Waals surface area contributed by atoms with E-state index in [1.165, 1.54) is 0 Å². The molecule has 8 nitrogen and oxygen atoms in total. The molecule has 2 saturated heterocycles. The van der Waals surface area contributed by atoms with E-state index >= 15 is 0 Å². The summed E-state index contributed by atoms with van der Waals surface area (Å²) in [6, 6.07) is 0. The fraction of sp³-hybridized carbons (Fsp3) is 0.875. The van der Waals surface area contributed by atoms with E-state index in [0.29, 0.717) is 13.1 Å². The van der Waals surface area contributed by atoms with Gasteiger partial charge in [-0.05, 0) is 25.7 Å². The fourth-order valence-electron chi connectivity index (χ4n) is 3.79. The predicted molar refractivity (Wildman–Crippen MR) is 92.6 cm³/mol.